The van der Waals surface area contributed by atoms with Gasteiger partial charge in [0.05, 0.1) is 11.1 Å². The van der Waals surface area contributed by atoms with Crippen molar-refractivity contribution in [2.45, 2.75) is 0 Å². The van der Waals surface area contributed by atoms with E-state index in [0.29, 0.717) is 0 Å². The largest absolute Gasteiger partial charge is 0.285 e. The van der Waals surface area contributed by atoms with Gasteiger partial charge in [-0.2, -0.15) is 5.10 Å². The summed E-state index contributed by atoms with van der Waals surface area (Å²) in [7, 11) is 0. The number of aromatic nitrogens is 2. The number of non-ortho nitro benzene ring substituents is 1. The maximum atomic E-state index is 10.4. The first-order chi connectivity index (χ1) is 7.75. The van der Waals surface area contributed by atoms with Gasteiger partial charge in [0.25, 0.3) is 5.69 Å². The van der Waals surface area contributed by atoms with Crippen LogP contribution < -0.4 is 0 Å². The van der Waals surface area contributed by atoms with E-state index in [1.165, 1.54) is 12.1 Å². The molecule has 0 saturated heterocycles. The van der Waals surface area contributed by atoms with Crippen LogP contribution in [0, 0.1) is 10.1 Å². The molecule has 5 nitrogen and oxygen atoms in total. The summed E-state index contributed by atoms with van der Waals surface area (Å²) in [5.74, 6) is 0. The van der Waals surface area contributed by atoms with Crippen molar-refractivity contribution in [1.29, 1.82) is 0 Å². The van der Waals surface area contributed by atoms with E-state index in [0.717, 1.165) is 11.1 Å². The van der Waals surface area contributed by atoms with Gasteiger partial charge in [0.2, 0.25) is 0 Å². The van der Waals surface area contributed by atoms with Gasteiger partial charge in [-0.25, -0.2) is 0 Å². The highest BCUT2D eigenvalue weighted by Gasteiger charge is 2.01. The predicted octanol–water partition coefficient (Wildman–Crippen LogP) is 2.49. The zero-order valence-corrected chi connectivity index (χ0v) is 8.33. The average Bonchev–Trinajstić information content (AvgIpc) is 2.80. The van der Waals surface area contributed by atoms with E-state index in [9.17, 15) is 10.1 Å². The third kappa shape index (κ3) is 2.33. The number of H-pyrrole nitrogens is 1. The summed E-state index contributed by atoms with van der Waals surface area (Å²) in [5.41, 5.74) is 1.96. The minimum atomic E-state index is -0.413. The standard InChI is InChI=1S/C11H9N3O2/c15-14(16)11-5-3-9(4-6-11)1-2-10-7-12-13-8-10/h1-8H,(H,12,13)/b2-1+. The molecule has 80 valence electrons. The fourth-order valence-corrected chi connectivity index (χ4v) is 1.25. The number of nitro groups is 1. The second-order valence-corrected chi connectivity index (χ2v) is 3.21. The van der Waals surface area contributed by atoms with Gasteiger partial charge in [0.1, 0.15) is 0 Å². The van der Waals surface area contributed by atoms with Crippen LogP contribution in [0.3, 0.4) is 0 Å². The maximum absolute atomic E-state index is 10.4. The van der Waals surface area contributed by atoms with Gasteiger partial charge in [-0.05, 0) is 17.7 Å². The molecule has 2 aromatic rings. The third-order valence-corrected chi connectivity index (χ3v) is 2.09. The van der Waals surface area contributed by atoms with E-state index in [2.05, 4.69) is 10.2 Å². The van der Waals surface area contributed by atoms with E-state index in [1.54, 1.807) is 24.5 Å². The molecule has 0 saturated carbocycles. The van der Waals surface area contributed by atoms with Gasteiger partial charge in [0.15, 0.2) is 0 Å². The van der Waals surface area contributed by atoms with Crippen LogP contribution in [0.5, 0.6) is 0 Å². The van der Waals surface area contributed by atoms with E-state index >= 15 is 0 Å². The molecule has 0 unspecified atom stereocenters. The maximum Gasteiger partial charge on any atom is 0.269 e. The Kier molecular flexibility index (Phi) is 2.77. The zero-order chi connectivity index (χ0) is 11.4. The average molecular weight is 215 g/mol. The molecule has 0 aliphatic rings. The Bertz CT molecular complexity index is 501. The number of nitrogens with one attached hydrogen (secondary N) is 1. The van der Waals surface area contributed by atoms with Crippen molar-refractivity contribution in [3.63, 3.8) is 0 Å². The lowest BCUT2D eigenvalue weighted by molar-refractivity contribution is -0.384. The Hall–Kier alpha value is -2.43. The molecule has 0 aliphatic carbocycles. The normalized spacial score (nSPS) is 10.8. The lowest BCUT2D eigenvalue weighted by Crippen LogP contribution is -1.86. The molecule has 0 atom stereocenters. The quantitative estimate of drug-likeness (QED) is 0.631. The zero-order valence-electron chi connectivity index (χ0n) is 8.33. The number of nitro benzene ring substituents is 1. The summed E-state index contributed by atoms with van der Waals surface area (Å²) in [4.78, 5) is 10.0. The molecule has 0 aliphatic heterocycles. The fraction of sp³-hybridized carbons (Fsp3) is 0. The highest BCUT2D eigenvalue weighted by Crippen LogP contribution is 2.13. The summed E-state index contributed by atoms with van der Waals surface area (Å²) in [6.45, 7) is 0. The molecule has 16 heavy (non-hydrogen) atoms. The van der Waals surface area contributed by atoms with Crippen molar-refractivity contribution in [2.24, 2.45) is 0 Å². The number of hydrogen-bond acceptors (Lipinski definition) is 3. The monoisotopic (exact) mass is 215 g/mol. The van der Waals surface area contributed by atoms with E-state index in [-0.39, 0.29) is 5.69 Å². The molecule has 1 heterocycles. The van der Waals surface area contributed by atoms with Gasteiger partial charge in [0, 0.05) is 23.9 Å². The molecule has 0 amide bonds. The number of rotatable bonds is 3. The first-order valence-corrected chi connectivity index (χ1v) is 4.67. The molecule has 0 radical (unpaired) electrons. The Balaban J connectivity index is 2.14. The smallest absolute Gasteiger partial charge is 0.269 e. The number of benzene rings is 1. The van der Waals surface area contributed by atoms with Crippen LogP contribution in [-0.2, 0) is 0 Å². The van der Waals surface area contributed by atoms with Crippen LogP contribution in [0.25, 0.3) is 12.2 Å². The Morgan fingerprint density at radius 1 is 1.19 bits per heavy atom. The lowest BCUT2D eigenvalue weighted by atomic mass is 10.2. The van der Waals surface area contributed by atoms with Crippen LogP contribution in [0.1, 0.15) is 11.1 Å². The minimum Gasteiger partial charge on any atom is -0.285 e. The molecular formula is C11H9N3O2. The highest BCUT2D eigenvalue weighted by molar-refractivity contribution is 5.69. The van der Waals surface area contributed by atoms with E-state index in [4.69, 9.17) is 0 Å². The first kappa shape index (κ1) is 10.1. The lowest BCUT2D eigenvalue weighted by Gasteiger charge is -1.92. The molecule has 1 aromatic carbocycles. The second kappa shape index (κ2) is 4.39. The van der Waals surface area contributed by atoms with Crippen LogP contribution >= 0.6 is 0 Å². The first-order valence-electron chi connectivity index (χ1n) is 4.67. The Morgan fingerprint density at radius 2 is 1.88 bits per heavy atom. The van der Waals surface area contributed by atoms with E-state index < -0.39 is 4.92 Å². The molecule has 0 spiro atoms. The summed E-state index contributed by atoms with van der Waals surface area (Å²) in [5, 5.41) is 16.9. The van der Waals surface area contributed by atoms with Gasteiger partial charge >= 0.3 is 0 Å². The minimum absolute atomic E-state index is 0.0976. The van der Waals surface area contributed by atoms with Crippen LogP contribution in [0.2, 0.25) is 0 Å². The molecule has 2 rings (SSSR count). The van der Waals surface area contributed by atoms with Crippen LogP contribution in [0.15, 0.2) is 36.7 Å². The summed E-state index contributed by atoms with van der Waals surface area (Å²) >= 11 is 0. The van der Waals surface area contributed by atoms with Crippen molar-refractivity contribution >= 4 is 17.8 Å². The van der Waals surface area contributed by atoms with Gasteiger partial charge in [-0.1, -0.05) is 12.2 Å². The fourth-order valence-electron chi connectivity index (χ4n) is 1.25. The van der Waals surface area contributed by atoms with Crippen molar-refractivity contribution < 1.29 is 4.92 Å². The van der Waals surface area contributed by atoms with E-state index in [1.807, 2.05) is 12.2 Å². The van der Waals surface area contributed by atoms with Gasteiger partial charge in [-0.3, -0.25) is 15.2 Å². The van der Waals surface area contributed by atoms with Gasteiger partial charge < -0.3 is 0 Å². The predicted molar refractivity (Wildman–Crippen MR) is 60.6 cm³/mol. The number of aromatic amines is 1. The molecular weight excluding hydrogens is 206 g/mol. The number of nitrogens with zero attached hydrogens (tertiary/aromatic N) is 2. The van der Waals surface area contributed by atoms with Gasteiger partial charge in [-0.15, -0.1) is 0 Å². The summed E-state index contributed by atoms with van der Waals surface area (Å²) in [6.07, 6.45) is 7.21. The summed E-state index contributed by atoms with van der Waals surface area (Å²) < 4.78 is 0. The topological polar surface area (TPSA) is 71.8 Å². The number of hydrogen-bond donors (Lipinski definition) is 1. The Morgan fingerprint density at radius 3 is 2.44 bits per heavy atom. The molecule has 5 heteroatoms. The van der Waals surface area contributed by atoms with Crippen molar-refractivity contribution in [3.05, 3.63) is 57.9 Å². The second-order valence-electron chi connectivity index (χ2n) is 3.21. The summed E-state index contributed by atoms with van der Waals surface area (Å²) in [6, 6.07) is 6.37. The molecule has 0 fully saturated rings. The third-order valence-electron chi connectivity index (χ3n) is 2.09. The molecule has 0 bridgehead atoms. The molecule has 1 N–H and O–H groups in total. The Labute approximate surface area is 91.6 Å². The van der Waals surface area contributed by atoms with Crippen molar-refractivity contribution in [2.75, 3.05) is 0 Å². The van der Waals surface area contributed by atoms with Crippen molar-refractivity contribution in [3.8, 4) is 0 Å². The van der Waals surface area contributed by atoms with Crippen LogP contribution in [0.4, 0.5) is 5.69 Å². The van der Waals surface area contributed by atoms with Crippen molar-refractivity contribution in [1.82, 2.24) is 10.2 Å². The van der Waals surface area contributed by atoms with Crippen LogP contribution in [-0.4, -0.2) is 15.1 Å². The molecule has 1 aromatic heterocycles. The SMILES string of the molecule is O=[N+]([O-])c1ccc(/C=C/c2cn[nH]c2)cc1. The highest BCUT2D eigenvalue weighted by atomic mass is 16.6.